The van der Waals surface area contributed by atoms with Crippen molar-refractivity contribution in [2.45, 2.75) is 45.1 Å². The summed E-state index contributed by atoms with van der Waals surface area (Å²) in [6, 6.07) is 10.0. The zero-order valence-corrected chi connectivity index (χ0v) is 19.3. The van der Waals surface area contributed by atoms with Gasteiger partial charge in [0.1, 0.15) is 35.2 Å². The van der Waals surface area contributed by atoms with E-state index in [1.807, 2.05) is 43.5 Å². The number of nitrogens with zero attached hydrogens (tertiary/aromatic N) is 7. The number of hydrogen-bond donors (Lipinski definition) is 2. The average molecular weight is 468 g/mol. The Balaban J connectivity index is 1.22. The molecule has 4 heterocycles. The second-order valence-corrected chi connectivity index (χ2v) is 8.76. The Hall–Kier alpha value is -4.34. The van der Waals surface area contributed by atoms with Gasteiger partial charge in [-0.2, -0.15) is 5.10 Å². The zero-order valence-electron chi connectivity index (χ0n) is 19.3. The summed E-state index contributed by atoms with van der Waals surface area (Å²) >= 11 is 0. The molecule has 1 aliphatic carbocycles. The summed E-state index contributed by atoms with van der Waals surface area (Å²) in [4.78, 5) is 22.2. The molecule has 1 fully saturated rings. The number of anilines is 3. The van der Waals surface area contributed by atoms with Crippen molar-refractivity contribution in [2.24, 2.45) is 0 Å². The second-order valence-electron chi connectivity index (χ2n) is 8.76. The molecule has 1 saturated carbocycles. The standard InChI is InChI=1S/C25H25N9O/c1-16-11-18(7-8-21(16)35-19-9-10-34-22(12-19)28-15-30-34)31-24-23-20(27-14-29-24)13-26-25(33-23)32-17-5-3-2-4-6-17/h7-15,17H,2-6H2,1H3,(H,26,32,33)(H,27,29,31). The second kappa shape index (κ2) is 9.13. The van der Waals surface area contributed by atoms with Crippen molar-refractivity contribution in [3.8, 4) is 11.5 Å². The molecule has 0 atom stereocenters. The molecule has 6 rings (SSSR count). The van der Waals surface area contributed by atoms with Gasteiger partial charge in [-0.3, -0.25) is 0 Å². The van der Waals surface area contributed by atoms with E-state index in [0.717, 1.165) is 35.5 Å². The number of pyridine rings is 1. The first-order valence-corrected chi connectivity index (χ1v) is 11.8. The summed E-state index contributed by atoms with van der Waals surface area (Å²) in [6.45, 7) is 2.00. The Bertz CT molecular complexity index is 1490. The van der Waals surface area contributed by atoms with E-state index in [4.69, 9.17) is 9.72 Å². The van der Waals surface area contributed by atoms with Crippen LogP contribution in [0.15, 0.2) is 55.4 Å². The van der Waals surface area contributed by atoms with Crippen molar-refractivity contribution >= 4 is 34.1 Å². The van der Waals surface area contributed by atoms with E-state index in [1.165, 1.54) is 31.9 Å². The van der Waals surface area contributed by atoms with Gasteiger partial charge in [-0.05, 0) is 49.6 Å². The Morgan fingerprint density at radius 1 is 0.971 bits per heavy atom. The van der Waals surface area contributed by atoms with E-state index in [9.17, 15) is 0 Å². The van der Waals surface area contributed by atoms with Crippen LogP contribution in [0.4, 0.5) is 17.5 Å². The van der Waals surface area contributed by atoms with Crippen LogP contribution in [0.2, 0.25) is 0 Å². The van der Waals surface area contributed by atoms with Crippen LogP contribution in [-0.2, 0) is 0 Å². The first-order valence-electron chi connectivity index (χ1n) is 11.8. The lowest BCUT2D eigenvalue weighted by atomic mass is 9.96. The molecule has 0 spiro atoms. The summed E-state index contributed by atoms with van der Waals surface area (Å²) in [5.74, 6) is 2.71. The summed E-state index contributed by atoms with van der Waals surface area (Å²) < 4.78 is 7.78. The molecule has 0 bridgehead atoms. The number of nitrogens with one attached hydrogen (secondary N) is 2. The molecule has 1 aliphatic rings. The minimum Gasteiger partial charge on any atom is -0.457 e. The van der Waals surface area contributed by atoms with Crippen molar-refractivity contribution in [1.82, 2.24) is 34.5 Å². The Morgan fingerprint density at radius 3 is 2.77 bits per heavy atom. The topological polar surface area (TPSA) is 115 Å². The minimum absolute atomic E-state index is 0.419. The fourth-order valence-electron chi connectivity index (χ4n) is 4.41. The first-order chi connectivity index (χ1) is 17.2. The summed E-state index contributed by atoms with van der Waals surface area (Å²) in [6.07, 6.45) is 12.7. The quantitative estimate of drug-likeness (QED) is 0.354. The first kappa shape index (κ1) is 21.2. The highest BCUT2D eigenvalue weighted by Gasteiger charge is 2.15. The molecule has 35 heavy (non-hydrogen) atoms. The van der Waals surface area contributed by atoms with E-state index in [-0.39, 0.29) is 0 Å². The third kappa shape index (κ3) is 4.54. The molecule has 0 saturated heterocycles. The van der Waals surface area contributed by atoms with Gasteiger partial charge in [0.15, 0.2) is 11.5 Å². The molecular weight excluding hydrogens is 442 g/mol. The highest BCUT2D eigenvalue weighted by atomic mass is 16.5. The maximum absolute atomic E-state index is 6.09. The van der Waals surface area contributed by atoms with Gasteiger partial charge in [0.05, 0.1) is 6.20 Å². The van der Waals surface area contributed by atoms with Crippen LogP contribution in [0.25, 0.3) is 16.7 Å². The van der Waals surface area contributed by atoms with Gasteiger partial charge in [-0.25, -0.2) is 29.4 Å². The molecular formula is C25H25N9O. The third-order valence-electron chi connectivity index (χ3n) is 6.23. The monoisotopic (exact) mass is 467 g/mol. The van der Waals surface area contributed by atoms with E-state index >= 15 is 0 Å². The van der Waals surface area contributed by atoms with Crippen LogP contribution in [0.3, 0.4) is 0 Å². The lowest BCUT2D eigenvalue weighted by Gasteiger charge is -2.22. The molecule has 0 amide bonds. The van der Waals surface area contributed by atoms with Crippen LogP contribution in [-0.4, -0.2) is 40.6 Å². The van der Waals surface area contributed by atoms with Crippen LogP contribution in [0.5, 0.6) is 11.5 Å². The van der Waals surface area contributed by atoms with E-state index in [2.05, 4.69) is 35.7 Å². The lowest BCUT2D eigenvalue weighted by molar-refractivity contribution is 0.461. The van der Waals surface area contributed by atoms with Crippen LogP contribution in [0.1, 0.15) is 37.7 Å². The molecule has 5 aromatic rings. The zero-order chi connectivity index (χ0) is 23.6. The largest absolute Gasteiger partial charge is 0.457 e. The highest BCUT2D eigenvalue weighted by molar-refractivity contribution is 5.87. The fourth-order valence-corrected chi connectivity index (χ4v) is 4.41. The third-order valence-corrected chi connectivity index (χ3v) is 6.23. The molecule has 0 radical (unpaired) electrons. The number of benzene rings is 1. The van der Waals surface area contributed by atoms with E-state index in [1.54, 1.807) is 10.7 Å². The molecule has 1 aromatic carbocycles. The van der Waals surface area contributed by atoms with Gasteiger partial charge in [-0.1, -0.05) is 19.3 Å². The molecule has 0 aliphatic heterocycles. The van der Waals surface area contributed by atoms with Gasteiger partial charge < -0.3 is 15.4 Å². The number of hydrogen-bond acceptors (Lipinski definition) is 9. The summed E-state index contributed by atoms with van der Waals surface area (Å²) in [7, 11) is 0. The van der Waals surface area contributed by atoms with Gasteiger partial charge in [-0.15, -0.1) is 0 Å². The molecule has 0 unspecified atom stereocenters. The minimum atomic E-state index is 0.419. The van der Waals surface area contributed by atoms with Gasteiger partial charge in [0.25, 0.3) is 0 Å². The van der Waals surface area contributed by atoms with Crippen molar-refractivity contribution in [3.63, 3.8) is 0 Å². The van der Waals surface area contributed by atoms with Crippen molar-refractivity contribution in [2.75, 3.05) is 10.6 Å². The number of aryl methyl sites for hydroxylation is 1. The molecule has 10 heteroatoms. The van der Waals surface area contributed by atoms with Crippen molar-refractivity contribution in [1.29, 1.82) is 0 Å². The summed E-state index contributed by atoms with van der Waals surface area (Å²) in [5.41, 5.74) is 3.96. The molecule has 176 valence electrons. The maximum Gasteiger partial charge on any atom is 0.223 e. The SMILES string of the molecule is Cc1cc(Nc2ncnc3cnc(NC4CCCCC4)nc23)ccc1Oc1ccn2ncnc2c1. The predicted octanol–water partition coefficient (Wildman–Crippen LogP) is 5.05. The van der Waals surface area contributed by atoms with E-state index in [0.29, 0.717) is 34.6 Å². The van der Waals surface area contributed by atoms with Crippen molar-refractivity contribution in [3.05, 3.63) is 60.9 Å². The molecule has 10 nitrogen and oxygen atoms in total. The van der Waals surface area contributed by atoms with Gasteiger partial charge in [0, 0.05) is 24.0 Å². The Labute approximate surface area is 201 Å². The number of aromatic nitrogens is 7. The Kier molecular flexibility index (Phi) is 5.53. The molecule has 2 N–H and O–H groups in total. The average Bonchev–Trinajstić information content (AvgIpc) is 3.35. The lowest BCUT2D eigenvalue weighted by Crippen LogP contribution is -2.23. The summed E-state index contributed by atoms with van der Waals surface area (Å²) in [5, 5.41) is 11.0. The van der Waals surface area contributed by atoms with E-state index < -0.39 is 0 Å². The predicted molar refractivity (Wildman–Crippen MR) is 133 cm³/mol. The van der Waals surface area contributed by atoms with Crippen LogP contribution in [0, 0.1) is 6.92 Å². The smallest absolute Gasteiger partial charge is 0.223 e. The van der Waals surface area contributed by atoms with Crippen molar-refractivity contribution < 1.29 is 4.74 Å². The number of fused-ring (bicyclic) bond motifs is 2. The molecule has 4 aromatic heterocycles. The normalized spacial score (nSPS) is 14.3. The maximum atomic E-state index is 6.09. The van der Waals surface area contributed by atoms with Crippen LogP contribution < -0.4 is 15.4 Å². The fraction of sp³-hybridized carbons (Fsp3) is 0.280. The van der Waals surface area contributed by atoms with Gasteiger partial charge in [0.2, 0.25) is 5.95 Å². The number of ether oxygens (including phenoxy) is 1. The Morgan fingerprint density at radius 2 is 1.89 bits per heavy atom. The highest BCUT2D eigenvalue weighted by Crippen LogP contribution is 2.30. The van der Waals surface area contributed by atoms with Gasteiger partial charge >= 0.3 is 0 Å². The number of rotatable bonds is 6. The van der Waals surface area contributed by atoms with Crippen LogP contribution >= 0.6 is 0 Å².